The van der Waals surface area contributed by atoms with Crippen molar-refractivity contribution in [2.45, 2.75) is 31.0 Å². The molecule has 1 aromatic rings. The molecule has 1 unspecified atom stereocenters. The molecule has 0 aliphatic heterocycles. The van der Waals surface area contributed by atoms with Gasteiger partial charge in [-0.25, -0.2) is 10.5 Å². The number of hydrogen-bond acceptors (Lipinski definition) is 6. The molecule has 1 saturated carbocycles. The highest BCUT2D eigenvalue weighted by Crippen LogP contribution is 2.36. The Labute approximate surface area is 97.1 Å². The van der Waals surface area contributed by atoms with Gasteiger partial charge in [-0.1, -0.05) is 18.7 Å². The molecule has 1 atom stereocenters. The summed E-state index contributed by atoms with van der Waals surface area (Å²) in [5, 5.41) is 12.3. The number of aromatic nitrogens is 4. The van der Waals surface area contributed by atoms with Crippen LogP contribution in [-0.4, -0.2) is 31.9 Å². The Kier molecular flexibility index (Phi) is 3.39. The summed E-state index contributed by atoms with van der Waals surface area (Å²) < 4.78 is 1.83. The Morgan fingerprint density at radius 3 is 3.12 bits per heavy atom. The second-order valence-electron chi connectivity index (χ2n) is 3.86. The fourth-order valence-electron chi connectivity index (χ4n) is 1.25. The van der Waals surface area contributed by atoms with Crippen molar-refractivity contribution in [3.63, 3.8) is 0 Å². The Hall–Kier alpha value is -1.15. The topological polar surface area (TPSA) is 98.7 Å². The smallest absolute Gasteiger partial charge is 0.237 e. The van der Waals surface area contributed by atoms with Crippen molar-refractivity contribution in [1.29, 1.82) is 0 Å². The highest BCUT2D eigenvalue weighted by Gasteiger charge is 2.28. The molecule has 0 radical (unpaired) electrons. The Morgan fingerprint density at radius 1 is 1.75 bits per heavy atom. The molecule has 0 saturated heterocycles. The maximum absolute atomic E-state index is 11.2. The normalized spacial score (nSPS) is 17.1. The van der Waals surface area contributed by atoms with Crippen LogP contribution in [0.2, 0.25) is 0 Å². The summed E-state index contributed by atoms with van der Waals surface area (Å²) in [7, 11) is 0. The number of thioether (sulfide) groups is 1. The predicted molar refractivity (Wildman–Crippen MR) is 58.3 cm³/mol. The first kappa shape index (κ1) is 11.3. The third kappa shape index (κ3) is 2.50. The number of carbonyl (C=O) groups excluding carboxylic acids is 1. The molecular formula is C8H14N6OS. The first-order valence-electron chi connectivity index (χ1n) is 5.13. The molecule has 1 amide bonds. The van der Waals surface area contributed by atoms with E-state index in [1.54, 1.807) is 0 Å². The summed E-state index contributed by atoms with van der Waals surface area (Å²) in [6, 6.07) is 0.455. The minimum atomic E-state index is -0.169. The van der Waals surface area contributed by atoms with Gasteiger partial charge in [0.25, 0.3) is 0 Å². The van der Waals surface area contributed by atoms with Crippen LogP contribution in [0.5, 0.6) is 0 Å². The summed E-state index contributed by atoms with van der Waals surface area (Å²) in [6.07, 6.45) is 2.27. The molecule has 1 aromatic heterocycles. The summed E-state index contributed by atoms with van der Waals surface area (Å²) in [4.78, 5) is 11.2. The number of nitrogens with two attached hydrogens (primary N) is 1. The summed E-state index contributed by atoms with van der Waals surface area (Å²) in [5.41, 5.74) is 2.13. The van der Waals surface area contributed by atoms with E-state index in [0.29, 0.717) is 11.8 Å². The monoisotopic (exact) mass is 242 g/mol. The van der Waals surface area contributed by atoms with Crippen LogP contribution in [-0.2, 0) is 4.79 Å². The first-order chi connectivity index (χ1) is 7.72. The molecule has 0 bridgehead atoms. The predicted octanol–water partition coefficient (Wildman–Crippen LogP) is -0.274. The van der Waals surface area contributed by atoms with Crippen molar-refractivity contribution in [3.8, 4) is 0 Å². The van der Waals surface area contributed by atoms with E-state index in [-0.39, 0.29) is 11.8 Å². The minimum Gasteiger partial charge on any atom is -0.294 e. The molecule has 8 heteroatoms. The number of hydrazine groups is 1. The summed E-state index contributed by atoms with van der Waals surface area (Å²) in [5.74, 6) is 5.35. The van der Waals surface area contributed by atoms with Crippen molar-refractivity contribution in [1.82, 2.24) is 25.6 Å². The average Bonchev–Trinajstić information content (AvgIpc) is 3.04. The standard InChI is InChI=1S/C8H14N6OS/c1-5(7(15)10-9)4-16-8-11-12-13-14(8)6-2-3-6/h5-6H,2-4,9H2,1H3,(H,10,15). The minimum absolute atomic E-state index is 0.153. The van der Waals surface area contributed by atoms with Gasteiger partial charge in [0.05, 0.1) is 6.04 Å². The van der Waals surface area contributed by atoms with Crippen molar-refractivity contribution >= 4 is 17.7 Å². The van der Waals surface area contributed by atoms with Gasteiger partial charge in [-0.15, -0.1) is 5.10 Å². The molecule has 2 rings (SSSR count). The van der Waals surface area contributed by atoms with Crippen molar-refractivity contribution in [3.05, 3.63) is 0 Å². The number of carbonyl (C=O) groups is 1. The Balaban J connectivity index is 1.89. The average molecular weight is 242 g/mol. The SMILES string of the molecule is CC(CSc1nnnn1C1CC1)C(=O)NN. The second-order valence-corrected chi connectivity index (χ2v) is 4.84. The van der Waals surface area contributed by atoms with Gasteiger partial charge < -0.3 is 0 Å². The van der Waals surface area contributed by atoms with Gasteiger partial charge in [0.2, 0.25) is 11.1 Å². The quantitative estimate of drug-likeness (QED) is 0.319. The van der Waals surface area contributed by atoms with E-state index in [1.807, 2.05) is 11.6 Å². The number of rotatable bonds is 5. The van der Waals surface area contributed by atoms with Crippen LogP contribution >= 0.6 is 11.8 Å². The molecule has 7 nitrogen and oxygen atoms in total. The lowest BCUT2D eigenvalue weighted by molar-refractivity contribution is -0.123. The van der Waals surface area contributed by atoms with E-state index in [0.717, 1.165) is 18.0 Å². The summed E-state index contributed by atoms with van der Waals surface area (Å²) >= 11 is 1.48. The third-order valence-electron chi connectivity index (χ3n) is 2.41. The van der Waals surface area contributed by atoms with Crippen molar-refractivity contribution in [2.75, 3.05) is 5.75 Å². The summed E-state index contributed by atoms with van der Waals surface area (Å²) in [6.45, 7) is 1.82. The number of nitrogens with one attached hydrogen (secondary N) is 1. The van der Waals surface area contributed by atoms with E-state index < -0.39 is 0 Å². The van der Waals surface area contributed by atoms with Gasteiger partial charge >= 0.3 is 0 Å². The van der Waals surface area contributed by atoms with E-state index in [2.05, 4.69) is 21.0 Å². The molecule has 0 aromatic carbocycles. The van der Waals surface area contributed by atoms with Crippen LogP contribution in [0, 0.1) is 5.92 Å². The number of hydrogen-bond donors (Lipinski definition) is 2. The molecule has 3 N–H and O–H groups in total. The molecule has 1 heterocycles. The molecule has 1 aliphatic rings. The molecular weight excluding hydrogens is 228 g/mol. The molecule has 1 aliphatic carbocycles. The van der Waals surface area contributed by atoms with Crippen molar-refractivity contribution in [2.24, 2.45) is 11.8 Å². The zero-order valence-electron chi connectivity index (χ0n) is 8.96. The van der Waals surface area contributed by atoms with Gasteiger partial charge in [0, 0.05) is 11.7 Å². The van der Waals surface area contributed by atoms with Crippen molar-refractivity contribution < 1.29 is 4.79 Å². The molecule has 1 fully saturated rings. The number of tetrazole rings is 1. The second kappa shape index (κ2) is 4.79. The van der Waals surface area contributed by atoms with Crippen LogP contribution in [0.1, 0.15) is 25.8 Å². The highest BCUT2D eigenvalue weighted by molar-refractivity contribution is 7.99. The third-order valence-corrected chi connectivity index (χ3v) is 3.60. The van der Waals surface area contributed by atoms with Gasteiger partial charge in [-0.2, -0.15) is 0 Å². The molecule has 16 heavy (non-hydrogen) atoms. The Morgan fingerprint density at radius 2 is 2.50 bits per heavy atom. The maximum atomic E-state index is 11.2. The van der Waals surface area contributed by atoms with Crippen LogP contribution in [0.15, 0.2) is 5.16 Å². The van der Waals surface area contributed by atoms with Crippen LogP contribution in [0.4, 0.5) is 0 Å². The highest BCUT2D eigenvalue weighted by atomic mass is 32.2. The lowest BCUT2D eigenvalue weighted by Gasteiger charge is -2.08. The molecule has 0 spiro atoms. The van der Waals surface area contributed by atoms with Gasteiger partial charge in [0.1, 0.15) is 0 Å². The number of amides is 1. The van der Waals surface area contributed by atoms with E-state index >= 15 is 0 Å². The van der Waals surface area contributed by atoms with Crippen LogP contribution in [0.25, 0.3) is 0 Å². The zero-order chi connectivity index (χ0) is 11.5. The first-order valence-corrected chi connectivity index (χ1v) is 6.12. The fraction of sp³-hybridized carbons (Fsp3) is 0.750. The Bertz CT molecular complexity index is 376. The maximum Gasteiger partial charge on any atom is 0.237 e. The van der Waals surface area contributed by atoms with Gasteiger partial charge in [0.15, 0.2) is 0 Å². The van der Waals surface area contributed by atoms with Crippen LogP contribution < -0.4 is 11.3 Å². The van der Waals surface area contributed by atoms with E-state index in [1.165, 1.54) is 11.8 Å². The van der Waals surface area contributed by atoms with E-state index in [9.17, 15) is 4.79 Å². The largest absolute Gasteiger partial charge is 0.294 e. The fourth-order valence-corrected chi connectivity index (χ4v) is 2.21. The number of nitrogens with zero attached hydrogens (tertiary/aromatic N) is 4. The van der Waals surface area contributed by atoms with Gasteiger partial charge in [-0.05, 0) is 23.3 Å². The van der Waals surface area contributed by atoms with Crippen LogP contribution in [0.3, 0.4) is 0 Å². The molecule has 88 valence electrons. The van der Waals surface area contributed by atoms with Gasteiger partial charge in [-0.3, -0.25) is 10.2 Å². The lowest BCUT2D eigenvalue weighted by atomic mass is 10.2. The van der Waals surface area contributed by atoms with E-state index in [4.69, 9.17) is 5.84 Å². The zero-order valence-corrected chi connectivity index (χ0v) is 9.78. The lowest BCUT2D eigenvalue weighted by Crippen LogP contribution is -2.35.